The van der Waals surface area contributed by atoms with E-state index < -0.39 is 6.04 Å². The van der Waals surface area contributed by atoms with Gasteiger partial charge in [0.1, 0.15) is 11.8 Å². The molecule has 2 amide bonds. The molecule has 3 unspecified atom stereocenters. The lowest BCUT2D eigenvalue weighted by Gasteiger charge is -2.35. The predicted octanol–water partition coefficient (Wildman–Crippen LogP) is 2.31. The van der Waals surface area contributed by atoms with E-state index in [2.05, 4.69) is 29.4 Å². The molecule has 1 saturated heterocycles. The largest absolute Gasteiger partial charge is 0.497 e. The maximum Gasteiger partial charge on any atom is 0.244 e. The van der Waals surface area contributed by atoms with Crippen molar-refractivity contribution in [2.75, 3.05) is 33.3 Å². The summed E-state index contributed by atoms with van der Waals surface area (Å²) < 4.78 is 5.10. The molecule has 1 fully saturated rings. The van der Waals surface area contributed by atoms with E-state index in [9.17, 15) is 9.59 Å². The van der Waals surface area contributed by atoms with E-state index in [0.29, 0.717) is 18.4 Å². The highest BCUT2D eigenvalue weighted by Gasteiger charge is 2.21. The molecule has 0 aromatic heterocycles. The summed E-state index contributed by atoms with van der Waals surface area (Å²) in [5, 5.41) is 5.62. The minimum Gasteiger partial charge on any atom is -0.497 e. The standard InChI is InChI=1S/C22H33N3O3/c1-16-13-17(2)15-25(14-16)12-11-23-22(27)18(3)24-21(26)10-7-19-5-8-20(28-4)9-6-19/h5-10,16-18H,11-15H2,1-4H3,(H,23,27)(H,24,26)/b10-7+. The number of nitrogens with zero attached hydrogens (tertiary/aromatic N) is 1. The Balaban J connectivity index is 1.70. The van der Waals surface area contributed by atoms with Crippen LogP contribution in [0, 0.1) is 11.8 Å². The van der Waals surface area contributed by atoms with Crippen molar-refractivity contribution in [3.8, 4) is 5.75 Å². The average molecular weight is 388 g/mol. The van der Waals surface area contributed by atoms with E-state index >= 15 is 0 Å². The number of nitrogens with one attached hydrogen (secondary N) is 2. The number of rotatable bonds is 8. The van der Waals surface area contributed by atoms with Crippen LogP contribution in [0.2, 0.25) is 0 Å². The van der Waals surface area contributed by atoms with Gasteiger partial charge < -0.3 is 20.3 Å². The number of carbonyl (C=O) groups is 2. The zero-order chi connectivity index (χ0) is 20.5. The van der Waals surface area contributed by atoms with Crippen molar-refractivity contribution in [3.05, 3.63) is 35.9 Å². The molecule has 0 aliphatic carbocycles. The third-order valence-corrected chi connectivity index (χ3v) is 4.97. The highest BCUT2D eigenvalue weighted by Crippen LogP contribution is 2.20. The van der Waals surface area contributed by atoms with Crippen LogP contribution in [0.3, 0.4) is 0 Å². The van der Waals surface area contributed by atoms with Gasteiger partial charge in [0.05, 0.1) is 7.11 Å². The molecular weight excluding hydrogens is 354 g/mol. The average Bonchev–Trinajstić information content (AvgIpc) is 2.66. The fourth-order valence-corrected chi connectivity index (χ4v) is 3.68. The van der Waals surface area contributed by atoms with Crippen molar-refractivity contribution in [3.63, 3.8) is 0 Å². The van der Waals surface area contributed by atoms with Crippen molar-refractivity contribution in [1.82, 2.24) is 15.5 Å². The van der Waals surface area contributed by atoms with Crippen molar-refractivity contribution in [2.45, 2.75) is 33.2 Å². The molecule has 0 radical (unpaired) electrons. The van der Waals surface area contributed by atoms with E-state index in [1.54, 1.807) is 20.1 Å². The zero-order valence-electron chi connectivity index (χ0n) is 17.4. The molecule has 1 aliphatic heterocycles. The van der Waals surface area contributed by atoms with Gasteiger partial charge in [-0.3, -0.25) is 9.59 Å². The molecule has 6 heteroatoms. The number of hydrogen-bond acceptors (Lipinski definition) is 4. The first-order chi connectivity index (χ1) is 13.4. The quantitative estimate of drug-likeness (QED) is 0.672. The number of likely N-dealkylation sites (tertiary alicyclic amines) is 1. The van der Waals surface area contributed by atoms with E-state index in [-0.39, 0.29) is 11.8 Å². The van der Waals surface area contributed by atoms with Gasteiger partial charge in [-0.2, -0.15) is 0 Å². The van der Waals surface area contributed by atoms with Crippen molar-refractivity contribution < 1.29 is 14.3 Å². The maximum atomic E-state index is 12.2. The number of amides is 2. The third kappa shape index (κ3) is 7.35. The molecule has 154 valence electrons. The smallest absolute Gasteiger partial charge is 0.244 e. The Labute approximate surface area is 168 Å². The Kier molecular flexibility index (Phi) is 8.51. The van der Waals surface area contributed by atoms with Crippen LogP contribution in [0.4, 0.5) is 0 Å². The van der Waals surface area contributed by atoms with Crippen molar-refractivity contribution in [1.29, 1.82) is 0 Å². The highest BCUT2D eigenvalue weighted by atomic mass is 16.5. The number of piperidine rings is 1. The van der Waals surface area contributed by atoms with Gasteiger partial charge in [-0.05, 0) is 49.0 Å². The second-order valence-corrected chi connectivity index (χ2v) is 7.83. The van der Waals surface area contributed by atoms with Crippen LogP contribution in [0.15, 0.2) is 30.3 Å². The second-order valence-electron chi connectivity index (χ2n) is 7.83. The van der Waals surface area contributed by atoms with Gasteiger partial charge in [-0.25, -0.2) is 0 Å². The normalized spacial score (nSPS) is 21.3. The molecule has 2 N–H and O–H groups in total. The minimum atomic E-state index is -0.577. The fraction of sp³-hybridized carbons (Fsp3) is 0.545. The van der Waals surface area contributed by atoms with Gasteiger partial charge in [0, 0.05) is 32.3 Å². The maximum absolute atomic E-state index is 12.2. The summed E-state index contributed by atoms with van der Waals surface area (Å²) in [6, 6.07) is 6.81. The minimum absolute atomic E-state index is 0.163. The first-order valence-electron chi connectivity index (χ1n) is 10.00. The van der Waals surface area contributed by atoms with Gasteiger partial charge in [-0.1, -0.05) is 26.0 Å². The van der Waals surface area contributed by atoms with Crippen LogP contribution >= 0.6 is 0 Å². The molecule has 1 heterocycles. The predicted molar refractivity (Wildman–Crippen MR) is 112 cm³/mol. The van der Waals surface area contributed by atoms with E-state index in [1.807, 2.05) is 24.3 Å². The van der Waals surface area contributed by atoms with Crippen molar-refractivity contribution in [2.24, 2.45) is 11.8 Å². The SMILES string of the molecule is COc1ccc(/C=C/C(=O)NC(C)C(=O)NCCN2CC(C)CC(C)C2)cc1. The van der Waals surface area contributed by atoms with Crippen LogP contribution in [-0.2, 0) is 9.59 Å². The van der Waals surface area contributed by atoms with Gasteiger partial charge in [0.15, 0.2) is 0 Å². The number of methoxy groups -OCH3 is 1. The first-order valence-corrected chi connectivity index (χ1v) is 10.00. The summed E-state index contributed by atoms with van der Waals surface area (Å²) in [6.07, 6.45) is 4.41. The van der Waals surface area contributed by atoms with E-state index in [4.69, 9.17) is 4.74 Å². The molecule has 0 spiro atoms. The van der Waals surface area contributed by atoms with Gasteiger partial charge in [0.2, 0.25) is 11.8 Å². The Morgan fingerprint density at radius 3 is 2.46 bits per heavy atom. The molecular formula is C22H33N3O3. The van der Waals surface area contributed by atoms with Gasteiger partial charge >= 0.3 is 0 Å². The molecule has 1 aromatic carbocycles. The summed E-state index contributed by atoms with van der Waals surface area (Å²) >= 11 is 0. The summed E-state index contributed by atoms with van der Waals surface area (Å²) in [6.45, 7) is 9.86. The van der Waals surface area contributed by atoms with E-state index in [0.717, 1.165) is 30.9 Å². The molecule has 2 rings (SSSR count). The van der Waals surface area contributed by atoms with Crippen LogP contribution in [0.1, 0.15) is 32.8 Å². The van der Waals surface area contributed by atoms with Gasteiger partial charge in [-0.15, -0.1) is 0 Å². The molecule has 0 saturated carbocycles. The monoisotopic (exact) mass is 387 g/mol. The molecule has 6 nitrogen and oxygen atoms in total. The molecule has 3 atom stereocenters. The number of ether oxygens (including phenoxy) is 1. The number of hydrogen-bond donors (Lipinski definition) is 2. The first kappa shape index (κ1) is 22.0. The molecule has 28 heavy (non-hydrogen) atoms. The highest BCUT2D eigenvalue weighted by molar-refractivity contribution is 5.95. The summed E-state index contributed by atoms with van der Waals surface area (Å²) in [7, 11) is 1.61. The van der Waals surface area contributed by atoms with Crippen molar-refractivity contribution >= 4 is 17.9 Å². The zero-order valence-corrected chi connectivity index (χ0v) is 17.4. The Hall–Kier alpha value is -2.34. The Morgan fingerprint density at radius 1 is 1.21 bits per heavy atom. The summed E-state index contributed by atoms with van der Waals surface area (Å²) in [5.41, 5.74) is 0.887. The Morgan fingerprint density at radius 2 is 1.86 bits per heavy atom. The number of carbonyl (C=O) groups excluding carboxylic acids is 2. The van der Waals surface area contributed by atoms with Crippen LogP contribution in [0.25, 0.3) is 6.08 Å². The molecule has 1 aliphatic rings. The lowest BCUT2D eigenvalue weighted by molar-refractivity contribution is -0.126. The summed E-state index contributed by atoms with van der Waals surface area (Å²) in [4.78, 5) is 26.7. The van der Waals surface area contributed by atoms with Crippen LogP contribution in [0.5, 0.6) is 5.75 Å². The Bertz CT molecular complexity index is 662. The molecule has 1 aromatic rings. The molecule has 0 bridgehead atoms. The lowest BCUT2D eigenvalue weighted by atomic mass is 9.92. The summed E-state index contributed by atoms with van der Waals surface area (Å²) in [5.74, 6) is 1.71. The van der Waals surface area contributed by atoms with Crippen LogP contribution < -0.4 is 15.4 Å². The lowest BCUT2D eigenvalue weighted by Crippen LogP contribution is -2.47. The fourth-order valence-electron chi connectivity index (χ4n) is 3.68. The third-order valence-electron chi connectivity index (χ3n) is 4.97. The topological polar surface area (TPSA) is 70.7 Å². The number of benzene rings is 1. The second kappa shape index (κ2) is 10.9. The van der Waals surface area contributed by atoms with E-state index in [1.165, 1.54) is 12.5 Å². The van der Waals surface area contributed by atoms with Crippen LogP contribution in [-0.4, -0.2) is 56.0 Å². The van der Waals surface area contributed by atoms with Gasteiger partial charge in [0.25, 0.3) is 0 Å².